The summed E-state index contributed by atoms with van der Waals surface area (Å²) in [6.07, 6.45) is 0. The van der Waals surface area contributed by atoms with Crippen molar-refractivity contribution in [2.75, 3.05) is 9.80 Å². The van der Waals surface area contributed by atoms with Gasteiger partial charge in [0, 0.05) is 50.4 Å². The van der Waals surface area contributed by atoms with Gasteiger partial charge in [-0.25, -0.2) is 0 Å². The van der Waals surface area contributed by atoms with Crippen LogP contribution in [0.25, 0.3) is 22.3 Å². The first kappa shape index (κ1) is 37.8. The van der Waals surface area contributed by atoms with Crippen LogP contribution in [0.1, 0.15) is 49.9 Å². The Balaban J connectivity index is 0.927. The van der Waals surface area contributed by atoms with Gasteiger partial charge < -0.3 is 19.3 Å². The Bertz CT molecular complexity index is 3080. The minimum absolute atomic E-state index is 0.0623. The highest BCUT2D eigenvalue weighted by atomic mass is 16.5. The van der Waals surface area contributed by atoms with E-state index in [4.69, 9.17) is 9.47 Å². The third kappa shape index (κ3) is 5.58. The van der Waals surface area contributed by atoms with Crippen molar-refractivity contribution in [2.45, 2.75) is 38.5 Å². The van der Waals surface area contributed by atoms with E-state index in [1.165, 1.54) is 55.4 Å². The summed E-state index contributed by atoms with van der Waals surface area (Å²) in [5.41, 5.74) is 19.9. The maximum atomic E-state index is 6.93. The van der Waals surface area contributed by atoms with Crippen molar-refractivity contribution in [2.24, 2.45) is 0 Å². The van der Waals surface area contributed by atoms with E-state index in [0.29, 0.717) is 0 Å². The minimum Gasteiger partial charge on any atom is -0.458 e. The monoisotopic (exact) mass is 836 g/mol. The molecule has 13 rings (SSSR count). The molecule has 0 atom stereocenters. The fraction of sp³-hybridized carbons (Fsp3) is 0.100. The highest BCUT2D eigenvalue weighted by molar-refractivity contribution is 6.98. The van der Waals surface area contributed by atoms with Crippen LogP contribution in [-0.2, 0) is 10.8 Å². The Kier molecular flexibility index (Phi) is 8.06. The molecule has 0 saturated carbocycles. The molecule has 65 heavy (non-hydrogen) atoms. The van der Waals surface area contributed by atoms with Gasteiger partial charge in [0.2, 0.25) is 0 Å². The van der Waals surface area contributed by atoms with Crippen LogP contribution in [0.5, 0.6) is 23.0 Å². The van der Waals surface area contributed by atoms with Crippen LogP contribution in [0.15, 0.2) is 200 Å². The molecule has 9 aromatic carbocycles. The first-order valence-electron chi connectivity index (χ1n) is 22.7. The van der Waals surface area contributed by atoms with E-state index in [0.717, 1.165) is 62.6 Å². The van der Waals surface area contributed by atoms with Gasteiger partial charge in [-0.2, -0.15) is 0 Å². The number of ether oxygens (including phenoxy) is 2. The average molecular weight is 837 g/mol. The van der Waals surface area contributed by atoms with Crippen LogP contribution < -0.4 is 35.7 Å². The van der Waals surface area contributed by atoms with Crippen molar-refractivity contribution in [3.8, 4) is 45.3 Å². The summed E-state index contributed by atoms with van der Waals surface area (Å²) in [5, 5.41) is 0. The zero-order valence-electron chi connectivity index (χ0n) is 36.8. The second-order valence-electron chi connectivity index (χ2n) is 18.9. The molecule has 4 nitrogen and oxygen atoms in total. The SMILES string of the molecule is CC1(C)c2cc(N(c3ccccc3)c3ccccc3)ccc2-c2cc3c(cc21)B1c2cc4c(cc2Oc2cccc(c21)O3)-c1ccc(N(c2ccccc2)c2ccccc2)cc1C4(C)C. The Morgan fingerprint density at radius 1 is 0.323 bits per heavy atom. The predicted octanol–water partition coefficient (Wildman–Crippen LogP) is 14.0. The number of hydrogen-bond acceptors (Lipinski definition) is 4. The van der Waals surface area contributed by atoms with Gasteiger partial charge in [-0.3, -0.25) is 0 Å². The summed E-state index contributed by atoms with van der Waals surface area (Å²) >= 11 is 0. The molecular formula is C60H45BN2O2. The molecule has 9 aromatic rings. The average Bonchev–Trinajstić information content (AvgIpc) is 3.69. The Hall–Kier alpha value is -7.76. The lowest BCUT2D eigenvalue weighted by Gasteiger charge is -2.35. The number of rotatable bonds is 6. The van der Waals surface area contributed by atoms with Gasteiger partial charge in [-0.05, 0) is 152 Å². The molecule has 5 heteroatoms. The van der Waals surface area contributed by atoms with Gasteiger partial charge in [-0.15, -0.1) is 0 Å². The number of nitrogens with zero attached hydrogens (tertiary/aromatic N) is 2. The molecule has 0 aromatic heterocycles. The third-order valence-electron chi connectivity index (χ3n) is 14.5. The smallest absolute Gasteiger partial charge is 0.260 e. The summed E-state index contributed by atoms with van der Waals surface area (Å²) in [6.45, 7) is 9.44. The van der Waals surface area contributed by atoms with Crippen molar-refractivity contribution in [3.63, 3.8) is 0 Å². The lowest BCUT2D eigenvalue weighted by molar-refractivity contribution is 0.464. The molecule has 0 fully saturated rings. The highest BCUT2D eigenvalue weighted by Gasteiger charge is 2.46. The van der Waals surface area contributed by atoms with Gasteiger partial charge in [0.05, 0.1) is 0 Å². The number of fused-ring (bicyclic) bond motifs is 10. The highest BCUT2D eigenvalue weighted by Crippen LogP contribution is 2.54. The van der Waals surface area contributed by atoms with E-state index in [9.17, 15) is 0 Å². The fourth-order valence-corrected chi connectivity index (χ4v) is 11.3. The third-order valence-corrected chi connectivity index (χ3v) is 14.5. The van der Waals surface area contributed by atoms with Crippen LogP contribution in [0, 0.1) is 0 Å². The summed E-state index contributed by atoms with van der Waals surface area (Å²) in [4.78, 5) is 4.71. The van der Waals surface area contributed by atoms with E-state index in [2.05, 4.69) is 238 Å². The summed E-state index contributed by atoms with van der Waals surface area (Å²) in [5.74, 6) is 3.52. The second-order valence-corrected chi connectivity index (χ2v) is 18.9. The molecular weight excluding hydrogens is 791 g/mol. The Morgan fingerprint density at radius 2 is 0.677 bits per heavy atom. The van der Waals surface area contributed by atoms with E-state index in [1.807, 2.05) is 0 Å². The first-order chi connectivity index (χ1) is 31.7. The lowest BCUT2D eigenvalue weighted by atomic mass is 9.34. The largest absolute Gasteiger partial charge is 0.458 e. The van der Waals surface area contributed by atoms with Crippen LogP contribution in [0.3, 0.4) is 0 Å². The Labute approximate surface area is 381 Å². The number of anilines is 6. The molecule has 2 aliphatic carbocycles. The molecule has 0 unspecified atom stereocenters. The van der Waals surface area contributed by atoms with Gasteiger partial charge in [0.25, 0.3) is 6.71 Å². The standard InChI is InChI=1S/C60H45BN2O2/c1-59(2)48-32-42(62(38-18-9-5-10-19-38)39-20-11-6-12-21-39)28-30-44(48)46-34-56-52(36-50(46)59)61-53-37-51-47(35-57(53)65-55-27-17-26-54(64-56)58(55)61)45-31-29-43(33-49(45)60(51,3)4)63(40-22-13-7-14-23-40)41-24-15-8-16-25-41/h5-37H,1-4H3. The zero-order chi connectivity index (χ0) is 43.6. The molecule has 0 N–H and O–H groups in total. The number of benzene rings is 9. The van der Waals surface area contributed by atoms with Gasteiger partial charge in [0.1, 0.15) is 23.0 Å². The van der Waals surface area contributed by atoms with E-state index in [1.54, 1.807) is 0 Å². The van der Waals surface area contributed by atoms with Gasteiger partial charge in [-0.1, -0.05) is 131 Å². The second kappa shape index (κ2) is 13.9. The van der Waals surface area contributed by atoms with Crippen LogP contribution >= 0.6 is 0 Å². The van der Waals surface area contributed by atoms with E-state index in [-0.39, 0.29) is 17.5 Å². The van der Waals surface area contributed by atoms with Crippen molar-refractivity contribution < 1.29 is 9.47 Å². The quantitative estimate of drug-likeness (QED) is 0.156. The molecule has 0 saturated heterocycles. The molecule has 0 radical (unpaired) electrons. The van der Waals surface area contributed by atoms with E-state index < -0.39 is 0 Å². The molecule has 2 heterocycles. The molecule has 4 aliphatic rings. The topological polar surface area (TPSA) is 24.9 Å². The first-order valence-corrected chi connectivity index (χ1v) is 22.7. The summed E-state index contributed by atoms with van der Waals surface area (Å²) in [6, 6.07) is 72.4. The normalized spacial score (nSPS) is 14.6. The van der Waals surface area contributed by atoms with Crippen molar-refractivity contribution in [3.05, 3.63) is 222 Å². The van der Waals surface area contributed by atoms with Crippen LogP contribution in [-0.4, -0.2) is 6.71 Å². The summed E-state index contributed by atoms with van der Waals surface area (Å²) < 4.78 is 13.9. The molecule has 0 bridgehead atoms. The predicted molar refractivity (Wildman–Crippen MR) is 269 cm³/mol. The summed E-state index contributed by atoms with van der Waals surface area (Å²) in [7, 11) is 0. The van der Waals surface area contributed by atoms with Gasteiger partial charge >= 0.3 is 0 Å². The zero-order valence-corrected chi connectivity index (χ0v) is 36.8. The molecule has 310 valence electrons. The Morgan fingerprint density at radius 3 is 1.05 bits per heavy atom. The van der Waals surface area contributed by atoms with Crippen LogP contribution in [0.4, 0.5) is 34.1 Å². The maximum absolute atomic E-state index is 6.93. The minimum atomic E-state index is -0.269. The van der Waals surface area contributed by atoms with Gasteiger partial charge in [0.15, 0.2) is 0 Å². The number of para-hydroxylation sites is 4. The van der Waals surface area contributed by atoms with E-state index >= 15 is 0 Å². The van der Waals surface area contributed by atoms with Crippen molar-refractivity contribution in [1.29, 1.82) is 0 Å². The number of hydrogen-bond donors (Lipinski definition) is 0. The molecule has 0 spiro atoms. The van der Waals surface area contributed by atoms with Crippen molar-refractivity contribution >= 4 is 57.2 Å². The molecule has 2 aliphatic heterocycles. The van der Waals surface area contributed by atoms with Crippen molar-refractivity contribution in [1.82, 2.24) is 0 Å². The maximum Gasteiger partial charge on any atom is 0.260 e. The van der Waals surface area contributed by atoms with Crippen LogP contribution in [0.2, 0.25) is 0 Å². The lowest BCUT2D eigenvalue weighted by Crippen LogP contribution is -2.57. The fourth-order valence-electron chi connectivity index (χ4n) is 11.3. The molecule has 0 amide bonds.